The minimum absolute atomic E-state index is 0.354. The molecule has 0 saturated carbocycles. The van der Waals surface area contributed by atoms with Crippen molar-refractivity contribution in [3.05, 3.63) is 58.8 Å². The van der Waals surface area contributed by atoms with Gasteiger partial charge in [0.05, 0.1) is 7.11 Å². The number of pyridine rings is 1. The van der Waals surface area contributed by atoms with E-state index in [1.165, 1.54) is 7.11 Å². The first-order valence-electron chi connectivity index (χ1n) is 5.70. The first kappa shape index (κ1) is 13.5. The molecule has 0 amide bonds. The van der Waals surface area contributed by atoms with E-state index in [4.69, 9.17) is 4.74 Å². The summed E-state index contributed by atoms with van der Waals surface area (Å²) in [6.45, 7) is 0. The monoisotopic (exact) mass is 320 g/mol. The average molecular weight is 321 g/mol. The lowest BCUT2D eigenvalue weighted by Crippen LogP contribution is -2.22. The quantitative estimate of drug-likeness (QED) is 0.879. The molecular weight excluding hydrogens is 308 g/mol. The molecule has 1 N–H and O–H groups in total. The highest BCUT2D eigenvalue weighted by Gasteiger charge is 2.21. The molecule has 0 saturated heterocycles. The first-order valence-corrected chi connectivity index (χ1v) is 6.50. The lowest BCUT2D eigenvalue weighted by Gasteiger charge is -2.17. The summed E-state index contributed by atoms with van der Waals surface area (Å²) in [5.74, 6) is -0.354. The van der Waals surface area contributed by atoms with Gasteiger partial charge in [-0.15, -0.1) is 0 Å². The van der Waals surface area contributed by atoms with E-state index >= 15 is 0 Å². The molecule has 1 heterocycles. The number of anilines is 1. The number of carbonyl (C=O) groups excluding carboxylic acids is 1. The van der Waals surface area contributed by atoms with Crippen LogP contribution in [0, 0.1) is 0 Å². The fraction of sp³-hybridized carbons (Fsp3) is 0.143. The van der Waals surface area contributed by atoms with E-state index in [-0.39, 0.29) is 5.97 Å². The van der Waals surface area contributed by atoms with Crippen molar-refractivity contribution < 1.29 is 9.53 Å². The summed E-state index contributed by atoms with van der Waals surface area (Å²) in [6.07, 6.45) is 3.31. The van der Waals surface area contributed by atoms with Gasteiger partial charge >= 0.3 is 5.97 Å². The number of carbonyl (C=O) groups is 1. The van der Waals surface area contributed by atoms with Gasteiger partial charge in [-0.1, -0.05) is 28.1 Å². The van der Waals surface area contributed by atoms with E-state index in [1.807, 2.05) is 30.3 Å². The van der Waals surface area contributed by atoms with Crippen LogP contribution in [-0.4, -0.2) is 18.1 Å². The van der Waals surface area contributed by atoms with Gasteiger partial charge in [0, 0.05) is 28.1 Å². The fourth-order valence-electron chi connectivity index (χ4n) is 1.69. The average Bonchev–Trinajstić information content (AvgIpc) is 2.45. The Morgan fingerprint density at radius 2 is 2.21 bits per heavy atom. The largest absolute Gasteiger partial charge is 0.467 e. The van der Waals surface area contributed by atoms with Crippen molar-refractivity contribution in [3.63, 3.8) is 0 Å². The van der Waals surface area contributed by atoms with Gasteiger partial charge in [0.25, 0.3) is 0 Å². The Kier molecular flexibility index (Phi) is 4.52. The molecule has 1 unspecified atom stereocenters. The number of aromatic nitrogens is 1. The molecule has 0 fully saturated rings. The number of benzene rings is 1. The van der Waals surface area contributed by atoms with E-state index < -0.39 is 6.04 Å². The summed E-state index contributed by atoms with van der Waals surface area (Å²) in [5, 5.41) is 3.14. The molecule has 0 radical (unpaired) electrons. The van der Waals surface area contributed by atoms with Crippen LogP contribution in [0.25, 0.3) is 0 Å². The number of methoxy groups -OCH3 is 1. The summed E-state index contributed by atoms with van der Waals surface area (Å²) < 4.78 is 5.77. The third-order valence-electron chi connectivity index (χ3n) is 2.59. The second-order valence-corrected chi connectivity index (χ2v) is 4.81. The topological polar surface area (TPSA) is 51.2 Å². The third-order valence-corrected chi connectivity index (χ3v) is 3.08. The molecule has 4 nitrogen and oxygen atoms in total. The number of nitrogens with one attached hydrogen (secondary N) is 1. The zero-order valence-corrected chi connectivity index (χ0v) is 11.9. The molecule has 0 bridgehead atoms. The Morgan fingerprint density at radius 3 is 2.84 bits per heavy atom. The van der Waals surface area contributed by atoms with Crippen molar-refractivity contribution in [1.29, 1.82) is 0 Å². The van der Waals surface area contributed by atoms with Crippen LogP contribution >= 0.6 is 15.9 Å². The Balaban J connectivity index is 2.27. The normalized spacial score (nSPS) is 11.7. The van der Waals surface area contributed by atoms with Gasteiger partial charge in [0.1, 0.15) is 0 Å². The number of hydrogen-bond donors (Lipinski definition) is 1. The van der Waals surface area contributed by atoms with Crippen molar-refractivity contribution >= 4 is 27.6 Å². The highest BCUT2D eigenvalue weighted by atomic mass is 79.9. The zero-order valence-electron chi connectivity index (χ0n) is 10.3. The summed E-state index contributed by atoms with van der Waals surface area (Å²) >= 11 is 3.39. The maximum atomic E-state index is 11.9. The molecule has 0 aliphatic rings. The van der Waals surface area contributed by atoms with Gasteiger partial charge in [-0.3, -0.25) is 4.98 Å². The number of esters is 1. The SMILES string of the molecule is COC(=O)C(Nc1cccc(Br)c1)c1cccnc1. The highest BCUT2D eigenvalue weighted by molar-refractivity contribution is 9.10. The molecule has 98 valence electrons. The number of halogens is 1. The predicted molar refractivity (Wildman–Crippen MR) is 76.8 cm³/mol. The van der Waals surface area contributed by atoms with Crippen molar-refractivity contribution in [1.82, 2.24) is 4.98 Å². The van der Waals surface area contributed by atoms with E-state index in [2.05, 4.69) is 26.2 Å². The van der Waals surface area contributed by atoms with E-state index in [0.29, 0.717) is 0 Å². The fourth-order valence-corrected chi connectivity index (χ4v) is 2.09. The number of ether oxygens (including phenoxy) is 1. The Hall–Kier alpha value is -1.88. The van der Waals surface area contributed by atoms with Gasteiger partial charge in [0.2, 0.25) is 0 Å². The minimum Gasteiger partial charge on any atom is -0.467 e. The van der Waals surface area contributed by atoms with Crippen molar-refractivity contribution in [3.8, 4) is 0 Å². The zero-order chi connectivity index (χ0) is 13.7. The number of rotatable bonds is 4. The van der Waals surface area contributed by atoms with Crippen LogP contribution in [-0.2, 0) is 9.53 Å². The second kappa shape index (κ2) is 6.33. The Bertz CT molecular complexity index is 560. The summed E-state index contributed by atoms with van der Waals surface area (Å²) in [6, 6.07) is 10.6. The van der Waals surface area contributed by atoms with Gasteiger partial charge in [0.15, 0.2) is 6.04 Å². The van der Waals surface area contributed by atoms with E-state index in [9.17, 15) is 4.79 Å². The van der Waals surface area contributed by atoms with Crippen molar-refractivity contribution in [2.45, 2.75) is 6.04 Å². The number of hydrogen-bond acceptors (Lipinski definition) is 4. The van der Waals surface area contributed by atoms with Crippen LogP contribution < -0.4 is 5.32 Å². The van der Waals surface area contributed by atoms with Crippen LogP contribution in [0.15, 0.2) is 53.3 Å². The molecule has 1 atom stereocenters. The second-order valence-electron chi connectivity index (χ2n) is 3.90. The molecule has 2 aromatic rings. The molecule has 0 spiro atoms. The summed E-state index contributed by atoms with van der Waals surface area (Å²) in [4.78, 5) is 15.9. The van der Waals surface area contributed by atoms with Gasteiger partial charge in [-0.05, 0) is 24.3 Å². The van der Waals surface area contributed by atoms with Crippen LogP contribution in [0.2, 0.25) is 0 Å². The molecule has 1 aromatic heterocycles. The maximum absolute atomic E-state index is 11.9. The molecule has 0 aliphatic heterocycles. The highest BCUT2D eigenvalue weighted by Crippen LogP contribution is 2.22. The molecule has 2 rings (SSSR count). The lowest BCUT2D eigenvalue weighted by atomic mass is 10.1. The Morgan fingerprint density at radius 1 is 1.37 bits per heavy atom. The molecule has 19 heavy (non-hydrogen) atoms. The van der Waals surface area contributed by atoms with Crippen molar-refractivity contribution in [2.75, 3.05) is 12.4 Å². The molecular formula is C14H13BrN2O2. The summed E-state index contributed by atoms with van der Waals surface area (Å²) in [5.41, 5.74) is 1.59. The van der Waals surface area contributed by atoms with Crippen LogP contribution in [0.3, 0.4) is 0 Å². The predicted octanol–water partition coefficient (Wildman–Crippen LogP) is 3.17. The summed E-state index contributed by atoms with van der Waals surface area (Å²) in [7, 11) is 1.37. The molecule has 1 aromatic carbocycles. The van der Waals surface area contributed by atoms with Crippen molar-refractivity contribution in [2.24, 2.45) is 0 Å². The Labute approximate surface area is 119 Å². The van der Waals surface area contributed by atoms with Crippen LogP contribution in [0.4, 0.5) is 5.69 Å². The van der Waals surface area contributed by atoms with E-state index in [1.54, 1.807) is 18.5 Å². The van der Waals surface area contributed by atoms with Crippen LogP contribution in [0.5, 0.6) is 0 Å². The molecule has 5 heteroatoms. The third kappa shape index (κ3) is 3.54. The van der Waals surface area contributed by atoms with Gasteiger partial charge < -0.3 is 10.1 Å². The lowest BCUT2D eigenvalue weighted by molar-refractivity contribution is -0.141. The first-order chi connectivity index (χ1) is 9.20. The molecule has 0 aliphatic carbocycles. The standard InChI is InChI=1S/C14H13BrN2O2/c1-19-14(18)13(10-4-3-7-16-9-10)17-12-6-2-5-11(15)8-12/h2-9,13,17H,1H3. The van der Waals surface area contributed by atoms with E-state index in [0.717, 1.165) is 15.7 Å². The smallest absolute Gasteiger partial charge is 0.333 e. The van der Waals surface area contributed by atoms with Gasteiger partial charge in [-0.25, -0.2) is 4.79 Å². The minimum atomic E-state index is -0.576. The van der Waals surface area contributed by atoms with Gasteiger partial charge in [-0.2, -0.15) is 0 Å². The number of nitrogens with zero attached hydrogens (tertiary/aromatic N) is 1. The van der Waals surface area contributed by atoms with Crippen LogP contribution in [0.1, 0.15) is 11.6 Å². The maximum Gasteiger partial charge on any atom is 0.333 e.